The Bertz CT molecular complexity index is 1620. The molecule has 2 fully saturated rings. The molecule has 1 amide bonds. The average Bonchev–Trinajstić information content (AvgIpc) is 3.46. The van der Waals surface area contributed by atoms with Crippen LogP contribution >= 0.6 is 0 Å². The fourth-order valence-electron chi connectivity index (χ4n) is 7.35. The van der Waals surface area contributed by atoms with E-state index in [1.54, 1.807) is 6.92 Å². The molecule has 44 heavy (non-hydrogen) atoms. The lowest BCUT2D eigenvalue weighted by Crippen LogP contribution is -2.35. The van der Waals surface area contributed by atoms with Gasteiger partial charge in [0.15, 0.2) is 0 Å². The van der Waals surface area contributed by atoms with Crippen molar-refractivity contribution in [3.05, 3.63) is 65.7 Å². The number of ether oxygens (including phenoxy) is 1. The quantitative estimate of drug-likeness (QED) is 0.271. The number of nitrogens with one attached hydrogen (secondary N) is 1. The van der Waals surface area contributed by atoms with E-state index in [0.29, 0.717) is 18.5 Å². The van der Waals surface area contributed by atoms with Crippen LogP contribution in [0.1, 0.15) is 81.3 Å². The van der Waals surface area contributed by atoms with Crippen molar-refractivity contribution >= 4 is 16.7 Å². The van der Waals surface area contributed by atoms with E-state index in [1.165, 1.54) is 36.9 Å². The van der Waals surface area contributed by atoms with Crippen LogP contribution in [0.25, 0.3) is 33.3 Å². The minimum atomic E-state index is 0.112. The lowest BCUT2D eigenvalue weighted by Gasteiger charge is -2.29. The maximum Gasteiger partial charge on any atom is 0.219 e. The molecule has 0 saturated carbocycles. The van der Waals surface area contributed by atoms with E-state index < -0.39 is 0 Å². The molecule has 1 aromatic carbocycles. The molecular weight excluding hydrogens is 548 g/mol. The minimum Gasteiger partial charge on any atom is -0.381 e. The van der Waals surface area contributed by atoms with Crippen molar-refractivity contribution in [3.63, 3.8) is 0 Å². The maximum atomic E-state index is 12.4. The number of carbonyl (C=O) groups is 1. The molecule has 8 heteroatoms. The molecule has 0 aliphatic carbocycles. The van der Waals surface area contributed by atoms with Crippen LogP contribution in [0.4, 0.5) is 0 Å². The number of nitrogens with zero attached hydrogens (tertiary/aromatic N) is 5. The number of pyridine rings is 2. The summed E-state index contributed by atoms with van der Waals surface area (Å²) in [4.78, 5) is 24.1. The molecule has 1 unspecified atom stereocenters. The first kappa shape index (κ1) is 29.1. The number of carbonyl (C=O) groups excluding carboxylic acids is 1. The van der Waals surface area contributed by atoms with Crippen molar-refractivity contribution in [1.29, 1.82) is 0 Å². The first-order chi connectivity index (χ1) is 21.5. The highest BCUT2D eigenvalue weighted by Crippen LogP contribution is 2.37. The van der Waals surface area contributed by atoms with E-state index in [-0.39, 0.29) is 5.91 Å². The number of piperidine rings is 1. The second-order valence-electron chi connectivity index (χ2n) is 13.0. The van der Waals surface area contributed by atoms with E-state index >= 15 is 0 Å². The van der Waals surface area contributed by atoms with Crippen molar-refractivity contribution in [2.75, 3.05) is 32.8 Å². The zero-order valence-electron chi connectivity index (χ0n) is 26.1. The van der Waals surface area contributed by atoms with E-state index in [4.69, 9.17) is 19.8 Å². The summed E-state index contributed by atoms with van der Waals surface area (Å²) in [6, 6.07) is 13.3. The summed E-state index contributed by atoms with van der Waals surface area (Å²) in [6.45, 7) is 9.15. The number of benzene rings is 1. The summed E-state index contributed by atoms with van der Waals surface area (Å²) < 4.78 is 7.91. The molecule has 1 N–H and O–H groups in total. The largest absolute Gasteiger partial charge is 0.381 e. The highest BCUT2D eigenvalue weighted by Gasteiger charge is 2.30. The monoisotopic (exact) mass is 592 g/mol. The number of hydrogen-bond donors (Lipinski definition) is 1. The summed E-state index contributed by atoms with van der Waals surface area (Å²) in [5.74, 6) is 1.41. The molecule has 3 aliphatic heterocycles. The van der Waals surface area contributed by atoms with Gasteiger partial charge in [0.1, 0.15) is 0 Å². The molecule has 2 saturated heterocycles. The van der Waals surface area contributed by atoms with Crippen LogP contribution in [0.15, 0.2) is 48.8 Å². The smallest absolute Gasteiger partial charge is 0.219 e. The Labute approximate surface area is 260 Å². The zero-order valence-corrected chi connectivity index (χ0v) is 26.1. The lowest BCUT2D eigenvalue weighted by molar-refractivity contribution is -0.129. The zero-order chi connectivity index (χ0) is 30.0. The molecule has 8 nitrogen and oxygen atoms in total. The Morgan fingerprint density at radius 2 is 1.91 bits per heavy atom. The third kappa shape index (κ3) is 5.89. The molecule has 0 radical (unpaired) electrons. The first-order valence-electron chi connectivity index (χ1n) is 16.5. The summed E-state index contributed by atoms with van der Waals surface area (Å²) in [5, 5.41) is 10.9. The number of rotatable bonds is 7. The van der Waals surface area contributed by atoms with Crippen LogP contribution in [-0.2, 0) is 22.5 Å². The van der Waals surface area contributed by atoms with Crippen molar-refractivity contribution in [3.8, 4) is 22.5 Å². The number of hydrogen-bond acceptors (Lipinski definition) is 6. The van der Waals surface area contributed by atoms with E-state index in [1.807, 2.05) is 17.3 Å². The second kappa shape index (κ2) is 12.8. The Hall–Kier alpha value is -3.62. The summed E-state index contributed by atoms with van der Waals surface area (Å²) >= 11 is 0. The van der Waals surface area contributed by atoms with Crippen molar-refractivity contribution < 1.29 is 9.53 Å². The van der Waals surface area contributed by atoms with Crippen LogP contribution in [0.3, 0.4) is 0 Å². The Morgan fingerprint density at radius 3 is 2.68 bits per heavy atom. The molecule has 230 valence electrons. The highest BCUT2D eigenvalue weighted by molar-refractivity contribution is 5.97. The molecule has 7 rings (SSSR count). The number of amides is 1. The molecule has 6 heterocycles. The van der Waals surface area contributed by atoms with Crippen LogP contribution < -0.4 is 5.32 Å². The van der Waals surface area contributed by atoms with E-state index in [2.05, 4.69) is 53.3 Å². The van der Waals surface area contributed by atoms with Crippen LogP contribution in [0.5, 0.6) is 0 Å². The van der Waals surface area contributed by atoms with E-state index in [9.17, 15) is 4.79 Å². The van der Waals surface area contributed by atoms with Gasteiger partial charge in [-0.3, -0.25) is 19.4 Å². The predicted molar refractivity (Wildman–Crippen MR) is 173 cm³/mol. The van der Waals surface area contributed by atoms with Gasteiger partial charge in [0, 0.05) is 85.5 Å². The normalized spacial score (nSPS) is 18.8. The summed E-state index contributed by atoms with van der Waals surface area (Å²) in [5.41, 5.74) is 7.60. The van der Waals surface area contributed by atoms with Gasteiger partial charge < -0.3 is 15.0 Å². The second-order valence-corrected chi connectivity index (χ2v) is 13.0. The van der Waals surface area contributed by atoms with Gasteiger partial charge in [-0.15, -0.1) is 0 Å². The summed E-state index contributed by atoms with van der Waals surface area (Å²) in [6.07, 6.45) is 11.8. The first-order valence-corrected chi connectivity index (χ1v) is 16.5. The Kier molecular flexibility index (Phi) is 8.45. The Balaban J connectivity index is 1.16. The van der Waals surface area contributed by atoms with Gasteiger partial charge in [-0.2, -0.15) is 5.10 Å². The molecule has 0 bridgehead atoms. The third-order valence-corrected chi connectivity index (χ3v) is 10.1. The summed E-state index contributed by atoms with van der Waals surface area (Å²) in [7, 11) is 0. The van der Waals surface area contributed by atoms with Gasteiger partial charge in [0.25, 0.3) is 0 Å². The molecule has 4 aromatic rings. The number of fused-ring (bicyclic) bond motifs is 2. The van der Waals surface area contributed by atoms with Gasteiger partial charge in [0.2, 0.25) is 5.91 Å². The Morgan fingerprint density at radius 1 is 1.07 bits per heavy atom. The molecule has 3 aliphatic rings. The third-order valence-electron chi connectivity index (χ3n) is 10.1. The average molecular weight is 593 g/mol. The number of aromatic nitrogens is 4. The van der Waals surface area contributed by atoms with Crippen LogP contribution in [-0.4, -0.2) is 63.4 Å². The molecule has 1 atom stereocenters. The van der Waals surface area contributed by atoms with Crippen LogP contribution in [0.2, 0.25) is 0 Å². The van der Waals surface area contributed by atoms with Gasteiger partial charge in [-0.25, -0.2) is 0 Å². The van der Waals surface area contributed by atoms with Gasteiger partial charge in [-0.1, -0.05) is 25.1 Å². The fourth-order valence-corrected chi connectivity index (χ4v) is 7.35. The van der Waals surface area contributed by atoms with Crippen molar-refractivity contribution in [2.24, 2.45) is 5.92 Å². The van der Waals surface area contributed by atoms with Crippen molar-refractivity contribution in [2.45, 2.75) is 77.3 Å². The topological polar surface area (TPSA) is 85.2 Å². The van der Waals surface area contributed by atoms with Crippen LogP contribution in [0, 0.1) is 5.92 Å². The maximum absolute atomic E-state index is 12.4. The standard InChI is InChI=1S/C36H44N6O2/c1-24(6-7-26-10-15-37-16-11-26)33-9-8-28(21-38-33)34-20-27-4-3-5-30(31(27)22-39-34)36-32-23-41(25(2)43)17-12-35(32)42(40-36)29-13-18-44-19-14-29/h3-5,8-9,20-22,24,26,29,37H,6-7,10-19,23H2,1-2H3. The van der Waals surface area contributed by atoms with Gasteiger partial charge >= 0.3 is 0 Å². The van der Waals surface area contributed by atoms with Crippen molar-refractivity contribution in [1.82, 2.24) is 30.0 Å². The molecular formula is C36H44N6O2. The predicted octanol–water partition coefficient (Wildman–Crippen LogP) is 6.30. The molecule has 0 spiro atoms. The lowest BCUT2D eigenvalue weighted by atomic mass is 9.89. The van der Waals surface area contributed by atoms with Gasteiger partial charge in [0.05, 0.1) is 17.4 Å². The molecule has 3 aromatic heterocycles. The van der Waals surface area contributed by atoms with E-state index in [0.717, 1.165) is 97.0 Å². The van der Waals surface area contributed by atoms with Gasteiger partial charge in [-0.05, 0) is 87.0 Å². The minimum absolute atomic E-state index is 0.112. The highest BCUT2D eigenvalue weighted by atomic mass is 16.5. The fraction of sp³-hybridized carbons (Fsp3) is 0.500. The SMILES string of the molecule is CC(=O)N1CCc2c(c(-c3cccc4cc(-c5ccc(C(C)CCC6CCNCC6)nc5)ncc34)nn2C2CCOCC2)C1.